The number of halogens is 5. The number of aliphatic hydroxyl groups is 1. The fourth-order valence-electron chi connectivity index (χ4n) is 4.64. The van der Waals surface area contributed by atoms with E-state index in [0.29, 0.717) is 58.5 Å². The van der Waals surface area contributed by atoms with E-state index in [9.17, 15) is 27.1 Å². The summed E-state index contributed by atoms with van der Waals surface area (Å²) in [6.07, 6.45) is -2.89. The second-order valence-electron chi connectivity index (χ2n) is 8.63. The minimum Gasteiger partial charge on any atom is -0.385 e. The first kappa shape index (κ1) is 24.1. The Balaban J connectivity index is 1.35. The van der Waals surface area contributed by atoms with E-state index in [1.54, 1.807) is 0 Å². The van der Waals surface area contributed by atoms with Gasteiger partial charge < -0.3 is 19.5 Å². The van der Waals surface area contributed by atoms with Gasteiger partial charge in [0, 0.05) is 31.1 Å². The average Bonchev–Trinajstić information content (AvgIpc) is 3.24. The summed E-state index contributed by atoms with van der Waals surface area (Å²) in [5.74, 6) is -2.65. The minimum atomic E-state index is -4.46. The maximum Gasteiger partial charge on any atom is 0.416 e. The minimum absolute atomic E-state index is 0.166. The summed E-state index contributed by atoms with van der Waals surface area (Å²) < 4.78 is 78.3. The van der Waals surface area contributed by atoms with Crippen molar-refractivity contribution in [3.63, 3.8) is 0 Å². The fraction of sp³-hybridized carbons (Fsp3) is 0.500. The zero-order valence-corrected chi connectivity index (χ0v) is 18.0. The van der Waals surface area contributed by atoms with Crippen LogP contribution in [-0.2, 0) is 27.0 Å². The first-order valence-corrected chi connectivity index (χ1v) is 11.0. The molecule has 0 saturated carbocycles. The summed E-state index contributed by atoms with van der Waals surface area (Å²) in [6, 6.07) is 8.18. The van der Waals surface area contributed by atoms with Crippen molar-refractivity contribution in [2.45, 2.75) is 43.2 Å². The number of rotatable bonds is 6. The standard InChI is InChI=1S/C24H26F5NO3/c25-19-5-6-20(21(26)16-19)23(32-13-14-33-23)7-2-10-30-11-8-22(31,9-12-30)17-3-1-4-18(15-17)24(27,28)29/h1,3-6,15-16,31H,2,7-14H2. The smallest absolute Gasteiger partial charge is 0.385 e. The van der Waals surface area contributed by atoms with Crippen molar-refractivity contribution in [1.29, 1.82) is 0 Å². The van der Waals surface area contributed by atoms with Crippen molar-refractivity contribution in [3.05, 3.63) is 70.8 Å². The number of benzene rings is 2. The van der Waals surface area contributed by atoms with Crippen molar-refractivity contribution < 1.29 is 36.5 Å². The lowest BCUT2D eigenvalue weighted by Gasteiger charge is -2.39. The molecule has 4 rings (SSSR count). The van der Waals surface area contributed by atoms with E-state index in [1.807, 2.05) is 0 Å². The van der Waals surface area contributed by atoms with Gasteiger partial charge in [0.25, 0.3) is 0 Å². The molecular weight excluding hydrogens is 445 g/mol. The monoisotopic (exact) mass is 471 g/mol. The van der Waals surface area contributed by atoms with Gasteiger partial charge in [0.2, 0.25) is 0 Å². The van der Waals surface area contributed by atoms with Crippen LogP contribution >= 0.6 is 0 Å². The Hall–Kier alpha value is -2.07. The second-order valence-corrected chi connectivity index (χ2v) is 8.63. The summed E-state index contributed by atoms with van der Waals surface area (Å²) in [5, 5.41) is 11.0. The number of piperidine rings is 1. The van der Waals surface area contributed by atoms with Crippen LogP contribution in [0.25, 0.3) is 0 Å². The van der Waals surface area contributed by atoms with E-state index in [2.05, 4.69) is 4.90 Å². The molecule has 2 aliphatic heterocycles. The van der Waals surface area contributed by atoms with E-state index in [1.165, 1.54) is 24.3 Å². The molecule has 2 fully saturated rings. The van der Waals surface area contributed by atoms with Crippen molar-refractivity contribution in [2.75, 3.05) is 32.8 Å². The van der Waals surface area contributed by atoms with Crippen LogP contribution in [0.2, 0.25) is 0 Å². The van der Waals surface area contributed by atoms with Crippen molar-refractivity contribution in [2.24, 2.45) is 0 Å². The molecule has 0 aromatic heterocycles. The highest BCUT2D eigenvalue weighted by atomic mass is 19.4. The summed E-state index contributed by atoms with van der Waals surface area (Å²) >= 11 is 0. The molecule has 0 unspecified atom stereocenters. The van der Waals surface area contributed by atoms with Crippen LogP contribution in [0.15, 0.2) is 42.5 Å². The zero-order valence-electron chi connectivity index (χ0n) is 18.0. The third kappa shape index (κ3) is 5.21. The predicted octanol–water partition coefficient (Wildman–Crippen LogP) is 4.95. The molecule has 0 amide bonds. The SMILES string of the molecule is OC1(c2cccc(C(F)(F)F)c2)CCN(CCCC2(c3ccc(F)cc3F)OCCO2)CC1. The number of ether oxygens (including phenoxy) is 2. The number of alkyl halides is 3. The molecule has 2 aliphatic rings. The number of nitrogens with zero attached hydrogens (tertiary/aromatic N) is 1. The van der Waals surface area contributed by atoms with Crippen LogP contribution in [0.5, 0.6) is 0 Å². The molecule has 2 aromatic rings. The molecule has 0 aliphatic carbocycles. The van der Waals surface area contributed by atoms with E-state index in [0.717, 1.165) is 18.2 Å². The van der Waals surface area contributed by atoms with Crippen LogP contribution < -0.4 is 0 Å². The van der Waals surface area contributed by atoms with Gasteiger partial charge >= 0.3 is 6.18 Å². The first-order valence-electron chi connectivity index (χ1n) is 11.0. The van der Waals surface area contributed by atoms with E-state index >= 15 is 0 Å². The highest BCUT2D eigenvalue weighted by Crippen LogP contribution is 2.39. The van der Waals surface area contributed by atoms with E-state index in [-0.39, 0.29) is 11.1 Å². The zero-order chi connectivity index (χ0) is 23.7. The number of likely N-dealkylation sites (tertiary alicyclic amines) is 1. The Bertz CT molecular complexity index is 967. The molecule has 4 nitrogen and oxygen atoms in total. The first-order chi connectivity index (χ1) is 15.6. The molecule has 2 heterocycles. The molecule has 0 spiro atoms. The topological polar surface area (TPSA) is 41.9 Å². The Morgan fingerprint density at radius 1 is 0.970 bits per heavy atom. The highest BCUT2D eigenvalue weighted by Gasteiger charge is 2.41. The van der Waals surface area contributed by atoms with Crippen LogP contribution in [0.1, 0.15) is 42.4 Å². The lowest BCUT2D eigenvalue weighted by Crippen LogP contribution is -2.43. The molecular formula is C24H26F5NO3. The van der Waals surface area contributed by atoms with Gasteiger partial charge in [-0.2, -0.15) is 13.2 Å². The predicted molar refractivity (Wildman–Crippen MR) is 110 cm³/mol. The molecule has 2 saturated heterocycles. The van der Waals surface area contributed by atoms with Gasteiger partial charge in [-0.3, -0.25) is 0 Å². The largest absolute Gasteiger partial charge is 0.416 e. The molecule has 1 N–H and O–H groups in total. The highest BCUT2D eigenvalue weighted by molar-refractivity contribution is 5.30. The summed E-state index contributed by atoms with van der Waals surface area (Å²) in [5.41, 5.74) is -1.64. The lowest BCUT2D eigenvalue weighted by atomic mass is 9.83. The fourth-order valence-corrected chi connectivity index (χ4v) is 4.64. The maximum atomic E-state index is 14.4. The van der Waals surface area contributed by atoms with Gasteiger partial charge in [0.15, 0.2) is 5.79 Å². The molecule has 9 heteroatoms. The second kappa shape index (κ2) is 9.29. The summed E-state index contributed by atoms with van der Waals surface area (Å²) in [7, 11) is 0. The maximum absolute atomic E-state index is 14.4. The van der Waals surface area contributed by atoms with Crippen molar-refractivity contribution in [3.8, 4) is 0 Å². The van der Waals surface area contributed by atoms with Gasteiger partial charge in [0.1, 0.15) is 11.6 Å². The lowest BCUT2D eigenvalue weighted by molar-refractivity contribution is -0.174. The normalized spacial score (nSPS) is 20.8. The number of hydrogen-bond donors (Lipinski definition) is 1. The van der Waals surface area contributed by atoms with Crippen molar-refractivity contribution in [1.82, 2.24) is 4.90 Å². The van der Waals surface area contributed by atoms with Gasteiger partial charge in [-0.15, -0.1) is 0 Å². The Morgan fingerprint density at radius 3 is 2.30 bits per heavy atom. The Labute approximate surface area is 188 Å². The number of hydrogen-bond acceptors (Lipinski definition) is 4. The molecule has 0 atom stereocenters. The average molecular weight is 471 g/mol. The Kier molecular flexibility index (Phi) is 6.77. The quantitative estimate of drug-likeness (QED) is 0.606. The van der Waals surface area contributed by atoms with E-state index < -0.39 is 34.8 Å². The van der Waals surface area contributed by atoms with Gasteiger partial charge in [0.05, 0.1) is 24.4 Å². The summed E-state index contributed by atoms with van der Waals surface area (Å²) in [6.45, 7) is 2.25. The Morgan fingerprint density at radius 2 is 1.67 bits per heavy atom. The third-order valence-electron chi connectivity index (χ3n) is 6.49. The van der Waals surface area contributed by atoms with Gasteiger partial charge in [-0.25, -0.2) is 8.78 Å². The summed E-state index contributed by atoms with van der Waals surface area (Å²) in [4.78, 5) is 2.10. The third-order valence-corrected chi connectivity index (χ3v) is 6.49. The molecule has 2 aromatic carbocycles. The molecule has 180 valence electrons. The molecule has 33 heavy (non-hydrogen) atoms. The van der Waals surface area contributed by atoms with Gasteiger partial charge in [-0.05, 0) is 55.6 Å². The van der Waals surface area contributed by atoms with Gasteiger partial charge in [-0.1, -0.05) is 12.1 Å². The molecule has 0 radical (unpaired) electrons. The van der Waals surface area contributed by atoms with Crippen LogP contribution in [0.4, 0.5) is 22.0 Å². The molecule has 0 bridgehead atoms. The van der Waals surface area contributed by atoms with Crippen LogP contribution in [-0.4, -0.2) is 42.9 Å². The van der Waals surface area contributed by atoms with Crippen molar-refractivity contribution >= 4 is 0 Å². The van der Waals surface area contributed by atoms with Crippen LogP contribution in [0.3, 0.4) is 0 Å². The van der Waals surface area contributed by atoms with Crippen LogP contribution in [0, 0.1) is 11.6 Å². The van der Waals surface area contributed by atoms with E-state index in [4.69, 9.17) is 9.47 Å².